The summed E-state index contributed by atoms with van der Waals surface area (Å²) in [5, 5.41) is 8.34. The number of nitrogens with zero attached hydrogens (tertiary/aromatic N) is 1. The quantitative estimate of drug-likeness (QED) is 0.478. The van der Waals surface area contributed by atoms with E-state index in [-0.39, 0.29) is 5.41 Å². The fourth-order valence-electron chi connectivity index (χ4n) is 0.0299. The molecule has 0 aliphatic heterocycles. The van der Waals surface area contributed by atoms with Crippen molar-refractivity contribution in [3.05, 3.63) is 0 Å². The molecule has 0 amide bonds. The molecule has 0 fully saturated rings. The molecule has 0 aromatic rings. The smallest absolute Gasteiger partial charge is 0.0691 e. The number of halogens is 1. The highest BCUT2D eigenvalue weighted by Crippen LogP contribution is 2.15. The molecular weight excluding hydrogens is 201 g/mol. The van der Waals surface area contributed by atoms with Crippen molar-refractivity contribution < 1.29 is 0 Å². The Bertz CT molecular complexity index is 90.7. The van der Waals surface area contributed by atoms with Crippen LogP contribution >= 0.6 is 22.6 Å². The fourth-order valence-corrected chi connectivity index (χ4v) is 0.200. The summed E-state index contributed by atoms with van der Waals surface area (Å²) in [7, 11) is 0. The summed E-state index contributed by atoms with van der Waals surface area (Å²) >= 11 is 2.21. The maximum absolute atomic E-state index is 8.34. The highest BCUT2D eigenvalue weighted by atomic mass is 127. The normalized spacial score (nSPS) is 10.6. The van der Waals surface area contributed by atoms with E-state index in [0.29, 0.717) is 0 Å². The molecule has 0 N–H and O–H groups in total. The van der Waals surface area contributed by atoms with Crippen LogP contribution in [-0.2, 0) is 0 Å². The minimum Gasteiger partial charge on any atom is -0.198 e. The monoisotopic (exact) mass is 209 g/mol. The molecule has 0 saturated heterocycles. The SMILES string of the molecule is CC(C)(C#N)CI. The molecule has 0 aromatic heterocycles. The lowest BCUT2D eigenvalue weighted by molar-refractivity contribution is 0.584. The maximum Gasteiger partial charge on any atom is 0.0691 e. The van der Waals surface area contributed by atoms with E-state index in [2.05, 4.69) is 28.7 Å². The summed E-state index contributed by atoms with van der Waals surface area (Å²) in [6.07, 6.45) is 0. The number of hydrogen-bond donors (Lipinski definition) is 0. The largest absolute Gasteiger partial charge is 0.198 e. The highest BCUT2D eigenvalue weighted by Gasteiger charge is 2.12. The van der Waals surface area contributed by atoms with Crippen LogP contribution in [0.1, 0.15) is 13.8 Å². The molecule has 0 aromatic carbocycles. The van der Waals surface area contributed by atoms with Crippen molar-refractivity contribution in [2.45, 2.75) is 13.8 Å². The van der Waals surface area contributed by atoms with Gasteiger partial charge in [0.25, 0.3) is 0 Å². The topological polar surface area (TPSA) is 23.8 Å². The van der Waals surface area contributed by atoms with Gasteiger partial charge in [0.05, 0.1) is 11.5 Å². The van der Waals surface area contributed by atoms with Gasteiger partial charge in [-0.25, -0.2) is 0 Å². The average molecular weight is 209 g/mol. The molecule has 2 heteroatoms. The standard InChI is InChI=1S/C5H8IN/c1-5(2,3-6)4-7/h3H2,1-2H3. The molecule has 7 heavy (non-hydrogen) atoms. The number of rotatable bonds is 1. The first kappa shape index (κ1) is 7.22. The van der Waals surface area contributed by atoms with E-state index in [1.807, 2.05) is 13.8 Å². The summed E-state index contributed by atoms with van der Waals surface area (Å²) in [5.74, 6) is 0. The van der Waals surface area contributed by atoms with Crippen LogP contribution in [-0.4, -0.2) is 4.43 Å². The van der Waals surface area contributed by atoms with Gasteiger partial charge in [-0.15, -0.1) is 0 Å². The van der Waals surface area contributed by atoms with Crippen LogP contribution < -0.4 is 0 Å². The molecule has 0 atom stereocenters. The Balaban J connectivity index is 3.66. The summed E-state index contributed by atoms with van der Waals surface area (Å²) in [4.78, 5) is 0. The van der Waals surface area contributed by atoms with Crippen LogP contribution in [0, 0.1) is 16.7 Å². The Morgan fingerprint density at radius 2 is 2.14 bits per heavy atom. The lowest BCUT2D eigenvalue weighted by Crippen LogP contribution is -2.07. The van der Waals surface area contributed by atoms with Gasteiger partial charge in [-0.3, -0.25) is 0 Å². The van der Waals surface area contributed by atoms with Gasteiger partial charge in [0.1, 0.15) is 0 Å². The van der Waals surface area contributed by atoms with E-state index < -0.39 is 0 Å². The summed E-state index contributed by atoms with van der Waals surface area (Å²) in [6.45, 7) is 3.86. The Kier molecular flexibility index (Phi) is 2.59. The zero-order valence-electron chi connectivity index (χ0n) is 4.53. The fraction of sp³-hybridized carbons (Fsp3) is 0.800. The molecule has 0 aliphatic rings. The molecule has 1 nitrogen and oxygen atoms in total. The first-order valence-electron chi connectivity index (χ1n) is 2.09. The van der Waals surface area contributed by atoms with Crippen LogP contribution in [0.15, 0.2) is 0 Å². The third kappa shape index (κ3) is 2.86. The van der Waals surface area contributed by atoms with Gasteiger partial charge in [-0.1, -0.05) is 22.6 Å². The maximum atomic E-state index is 8.34. The van der Waals surface area contributed by atoms with Crippen LogP contribution in [0.3, 0.4) is 0 Å². The van der Waals surface area contributed by atoms with E-state index in [1.54, 1.807) is 0 Å². The van der Waals surface area contributed by atoms with Gasteiger partial charge >= 0.3 is 0 Å². The van der Waals surface area contributed by atoms with Crippen molar-refractivity contribution in [1.82, 2.24) is 0 Å². The molecule has 0 heterocycles. The van der Waals surface area contributed by atoms with Crippen molar-refractivity contribution in [2.24, 2.45) is 5.41 Å². The Morgan fingerprint density at radius 3 is 2.14 bits per heavy atom. The van der Waals surface area contributed by atoms with Gasteiger partial charge in [0.2, 0.25) is 0 Å². The minimum atomic E-state index is -0.124. The van der Waals surface area contributed by atoms with Crippen LogP contribution in [0.25, 0.3) is 0 Å². The summed E-state index contributed by atoms with van der Waals surface area (Å²) in [5.41, 5.74) is -0.124. The van der Waals surface area contributed by atoms with Crippen LogP contribution in [0.5, 0.6) is 0 Å². The van der Waals surface area contributed by atoms with E-state index in [1.165, 1.54) is 0 Å². The lowest BCUT2D eigenvalue weighted by atomic mass is 10.0. The minimum absolute atomic E-state index is 0.124. The number of alkyl halides is 1. The van der Waals surface area contributed by atoms with Crippen molar-refractivity contribution in [2.75, 3.05) is 4.43 Å². The molecule has 0 saturated carbocycles. The van der Waals surface area contributed by atoms with Gasteiger partial charge in [-0.2, -0.15) is 5.26 Å². The molecule has 0 spiro atoms. The Morgan fingerprint density at radius 1 is 1.71 bits per heavy atom. The first-order valence-corrected chi connectivity index (χ1v) is 3.62. The van der Waals surface area contributed by atoms with Gasteiger partial charge in [0, 0.05) is 4.43 Å². The third-order valence-electron chi connectivity index (χ3n) is 0.637. The number of hydrogen-bond acceptors (Lipinski definition) is 1. The predicted octanol–water partition coefficient (Wildman–Crippen LogP) is 1.97. The molecule has 40 valence electrons. The zero-order chi connectivity index (χ0) is 5.91. The van der Waals surface area contributed by atoms with Crippen molar-refractivity contribution >= 4 is 22.6 Å². The van der Waals surface area contributed by atoms with Crippen molar-refractivity contribution in [1.29, 1.82) is 5.26 Å². The van der Waals surface area contributed by atoms with E-state index in [9.17, 15) is 0 Å². The van der Waals surface area contributed by atoms with Crippen LogP contribution in [0.2, 0.25) is 0 Å². The Labute approximate surface area is 57.9 Å². The van der Waals surface area contributed by atoms with E-state index in [4.69, 9.17) is 5.26 Å². The van der Waals surface area contributed by atoms with Gasteiger partial charge in [-0.05, 0) is 13.8 Å². The Hall–Kier alpha value is 0.220. The predicted molar refractivity (Wildman–Crippen MR) is 38.3 cm³/mol. The van der Waals surface area contributed by atoms with Crippen molar-refractivity contribution in [3.8, 4) is 6.07 Å². The zero-order valence-corrected chi connectivity index (χ0v) is 6.69. The second-order valence-corrected chi connectivity index (χ2v) is 2.89. The lowest BCUT2D eigenvalue weighted by Gasteiger charge is -2.07. The third-order valence-corrected chi connectivity index (χ3v) is 2.54. The summed E-state index contributed by atoms with van der Waals surface area (Å²) < 4.78 is 0.904. The molecule has 0 radical (unpaired) electrons. The molecule has 0 rings (SSSR count). The molecular formula is C5H8IN. The second-order valence-electron chi connectivity index (χ2n) is 2.13. The van der Waals surface area contributed by atoms with Crippen LogP contribution in [0.4, 0.5) is 0 Å². The second kappa shape index (κ2) is 2.51. The van der Waals surface area contributed by atoms with E-state index in [0.717, 1.165) is 4.43 Å². The van der Waals surface area contributed by atoms with Gasteiger partial charge < -0.3 is 0 Å². The van der Waals surface area contributed by atoms with Crippen molar-refractivity contribution in [3.63, 3.8) is 0 Å². The average Bonchev–Trinajstić information content (AvgIpc) is 1.68. The first-order chi connectivity index (χ1) is 3.12. The molecule has 0 unspecified atom stereocenters. The highest BCUT2D eigenvalue weighted by molar-refractivity contribution is 14.1. The number of nitriles is 1. The van der Waals surface area contributed by atoms with Gasteiger partial charge in [0.15, 0.2) is 0 Å². The molecule has 0 aliphatic carbocycles. The van der Waals surface area contributed by atoms with E-state index >= 15 is 0 Å². The molecule has 0 bridgehead atoms. The summed E-state index contributed by atoms with van der Waals surface area (Å²) in [6, 6.07) is 2.18.